The first-order valence-electron chi connectivity index (χ1n) is 6.76. The fraction of sp³-hybridized carbons (Fsp3) is 0.167. The summed E-state index contributed by atoms with van der Waals surface area (Å²) in [5, 5.41) is 1.28. The Morgan fingerprint density at radius 1 is 1.10 bits per heavy atom. The van der Waals surface area contributed by atoms with Gasteiger partial charge in [-0.1, -0.05) is 24.8 Å². The van der Waals surface area contributed by atoms with Crippen LogP contribution in [0.1, 0.15) is 17.0 Å². The lowest BCUT2D eigenvalue weighted by Gasteiger charge is -2.04. The molecule has 0 saturated carbocycles. The van der Waals surface area contributed by atoms with Crippen LogP contribution in [0.4, 0.5) is 0 Å². The lowest BCUT2D eigenvalue weighted by Crippen LogP contribution is -1.91. The lowest BCUT2D eigenvalue weighted by atomic mass is 10.0. The van der Waals surface area contributed by atoms with Crippen molar-refractivity contribution in [3.8, 4) is 11.1 Å². The van der Waals surface area contributed by atoms with Gasteiger partial charge in [0, 0.05) is 41.1 Å². The summed E-state index contributed by atoms with van der Waals surface area (Å²) in [6.45, 7) is 8.06. The van der Waals surface area contributed by atoms with Crippen LogP contribution in [0.2, 0.25) is 0 Å². The van der Waals surface area contributed by atoms with Crippen LogP contribution in [0.25, 0.3) is 28.1 Å². The third kappa shape index (κ3) is 1.85. The first-order chi connectivity index (χ1) is 9.61. The molecule has 3 aromatic rings. The molecule has 0 spiro atoms. The Bertz CT molecular complexity index is 792. The number of pyridine rings is 1. The van der Waals surface area contributed by atoms with Gasteiger partial charge >= 0.3 is 0 Å². The maximum absolute atomic E-state index is 4.37. The summed E-state index contributed by atoms with van der Waals surface area (Å²) in [5.41, 5.74) is 7.08. The van der Waals surface area contributed by atoms with Gasteiger partial charge in [0.1, 0.15) is 0 Å². The van der Waals surface area contributed by atoms with Crippen molar-refractivity contribution >= 4 is 17.0 Å². The molecule has 100 valence electrons. The quantitative estimate of drug-likeness (QED) is 0.665. The molecule has 0 bridgehead atoms. The maximum atomic E-state index is 4.37. The van der Waals surface area contributed by atoms with E-state index in [0.717, 1.165) is 11.3 Å². The summed E-state index contributed by atoms with van der Waals surface area (Å²) in [5.74, 6) is 0. The second kappa shape index (κ2) is 4.64. The summed E-state index contributed by atoms with van der Waals surface area (Å²) in [4.78, 5) is 4.37. The van der Waals surface area contributed by atoms with Crippen molar-refractivity contribution in [3.05, 3.63) is 60.1 Å². The number of nitrogens with zero attached hydrogens (tertiary/aromatic N) is 2. The zero-order chi connectivity index (χ0) is 14.3. The van der Waals surface area contributed by atoms with Crippen molar-refractivity contribution in [2.24, 2.45) is 7.05 Å². The van der Waals surface area contributed by atoms with Crippen LogP contribution >= 0.6 is 0 Å². The summed E-state index contributed by atoms with van der Waals surface area (Å²) in [7, 11) is 2.09. The van der Waals surface area contributed by atoms with Gasteiger partial charge in [0.15, 0.2) is 0 Å². The Kier molecular flexibility index (Phi) is 2.94. The van der Waals surface area contributed by atoms with Crippen molar-refractivity contribution in [1.29, 1.82) is 0 Å². The molecule has 3 rings (SSSR count). The predicted octanol–water partition coefficient (Wildman–Crippen LogP) is 4.50. The fourth-order valence-electron chi connectivity index (χ4n) is 2.75. The van der Waals surface area contributed by atoms with Crippen LogP contribution in [-0.2, 0) is 7.05 Å². The average Bonchev–Trinajstić information content (AvgIpc) is 2.71. The third-order valence-electron chi connectivity index (χ3n) is 3.95. The molecule has 0 fully saturated rings. The van der Waals surface area contributed by atoms with E-state index in [9.17, 15) is 0 Å². The molecule has 2 heteroatoms. The van der Waals surface area contributed by atoms with E-state index >= 15 is 0 Å². The molecule has 0 amide bonds. The molecule has 0 atom stereocenters. The summed E-state index contributed by atoms with van der Waals surface area (Å²) in [6.07, 6.45) is 3.85. The topological polar surface area (TPSA) is 17.8 Å². The van der Waals surface area contributed by atoms with Gasteiger partial charge in [-0.25, -0.2) is 0 Å². The Morgan fingerprint density at radius 2 is 1.85 bits per heavy atom. The molecule has 0 aliphatic heterocycles. The van der Waals surface area contributed by atoms with Gasteiger partial charge in [-0.05, 0) is 43.2 Å². The summed E-state index contributed by atoms with van der Waals surface area (Å²) < 4.78 is 2.20. The number of fused-ring (bicyclic) bond motifs is 1. The Hall–Kier alpha value is -2.35. The van der Waals surface area contributed by atoms with Gasteiger partial charge in [0.25, 0.3) is 0 Å². The van der Waals surface area contributed by atoms with Crippen molar-refractivity contribution in [2.45, 2.75) is 13.8 Å². The van der Waals surface area contributed by atoms with E-state index < -0.39 is 0 Å². The van der Waals surface area contributed by atoms with E-state index in [1.165, 1.54) is 27.7 Å². The molecule has 2 aromatic heterocycles. The Morgan fingerprint density at radius 3 is 2.50 bits per heavy atom. The van der Waals surface area contributed by atoms with Crippen LogP contribution < -0.4 is 0 Å². The van der Waals surface area contributed by atoms with Gasteiger partial charge in [0.2, 0.25) is 0 Å². The fourth-order valence-corrected chi connectivity index (χ4v) is 2.75. The van der Waals surface area contributed by atoms with E-state index in [4.69, 9.17) is 0 Å². The minimum atomic E-state index is 1.04. The van der Waals surface area contributed by atoms with Gasteiger partial charge in [-0.2, -0.15) is 0 Å². The highest BCUT2D eigenvalue weighted by Gasteiger charge is 2.10. The minimum absolute atomic E-state index is 1.04. The van der Waals surface area contributed by atoms with Crippen molar-refractivity contribution in [2.75, 3.05) is 0 Å². The highest BCUT2D eigenvalue weighted by Crippen LogP contribution is 2.29. The van der Waals surface area contributed by atoms with Crippen LogP contribution in [0.15, 0.2) is 43.1 Å². The van der Waals surface area contributed by atoms with Crippen molar-refractivity contribution in [3.63, 3.8) is 0 Å². The van der Waals surface area contributed by atoms with E-state index in [0.29, 0.717) is 0 Å². The Labute approximate surface area is 119 Å². The number of benzene rings is 1. The zero-order valence-corrected chi connectivity index (χ0v) is 12.1. The van der Waals surface area contributed by atoms with Crippen LogP contribution in [0, 0.1) is 13.8 Å². The molecule has 20 heavy (non-hydrogen) atoms. The molecular formula is C18H18N2. The van der Waals surface area contributed by atoms with Gasteiger partial charge < -0.3 is 4.57 Å². The zero-order valence-electron chi connectivity index (χ0n) is 12.1. The molecule has 0 unspecified atom stereocenters. The highest BCUT2D eigenvalue weighted by atomic mass is 14.9. The molecule has 0 N–H and O–H groups in total. The normalized spacial score (nSPS) is 10.9. The largest absolute Gasteiger partial charge is 0.344 e. The lowest BCUT2D eigenvalue weighted by molar-refractivity contribution is 0.949. The predicted molar refractivity (Wildman–Crippen MR) is 85.7 cm³/mol. The molecule has 0 radical (unpaired) electrons. The number of aryl methyl sites for hydroxylation is 3. The highest BCUT2D eigenvalue weighted by molar-refractivity contribution is 5.91. The molecule has 0 saturated heterocycles. The van der Waals surface area contributed by atoms with E-state index in [1.54, 1.807) is 0 Å². The maximum Gasteiger partial charge on any atom is 0.0491 e. The number of aromatic nitrogens is 2. The molecule has 0 aliphatic rings. The molecule has 1 aromatic carbocycles. The number of hydrogen-bond acceptors (Lipinski definition) is 1. The smallest absolute Gasteiger partial charge is 0.0491 e. The first-order valence-corrected chi connectivity index (χ1v) is 6.76. The standard InChI is InChI=1S/C18H18N2/c1-5-17-13(3)16-9-8-14(10-18(16)20(17)4)15-7-6-12(2)19-11-15/h5-11H,1H2,2-4H3. The second-order valence-electron chi connectivity index (χ2n) is 5.19. The number of rotatable bonds is 2. The van der Waals surface area contributed by atoms with Crippen molar-refractivity contribution in [1.82, 2.24) is 9.55 Å². The minimum Gasteiger partial charge on any atom is -0.344 e. The van der Waals surface area contributed by atoms with Crippen LogP contribution in [0.5, 0.6) is 0 Å². The Balaban J connectivity index is 2.22. The summed E-state index contributed by atoms with van der Waals surface area (Å²) >= 11 is 0. The second-order valence-corrected chi connectivity index (χ2v) is 5.19. The first kappa shape index (κ1) is 12.7. The summed E-state index contributed by atoms with van der Waals surface area (Å²) in [6, 6.07) is 10.7. The molecule has 2 heterocycles. The monoisotopic (exact) mass is 262 g/mol. The van der Waals surface area contributed by atoms with Crippen LogP contribution in [-0.4, -0.2) is 9.55 Å². The van der Waals surface area contributed by atoms with Gasteiger partial charge in [0.05, 0.1) is 0 Å². The van der Waals surface area contributed by atoms with Crippen LogP contribution in [0.3, 0.4) is 0 Å². The van der Waals surface area contributed by atoms with E-state index in [2.05, 4.69) is 54.4 Å². The SMILES string of the molecule is C=Cc1c(C)c2ccc(-c3ccc(C)nc3)cc2n1C. The molecular weight excluding hydrogens is 244 g/mol. The molecule has 0 aliphatic carbocycles. The van der Waals surface area contributed by atoms with Crippen molar-refractivity contribution < 1.29 is 0 Å². The third-order valence-corrected chi connectivity index (χ3v) is 3.95. The van der Waals surface area contributed by atoms with Gasteiger partial charge in [-0.3, -0.25) is 4.98 Å². The average molecular weight is 262 g/mol. The molecule has 2 nitrogen and oxygen atoms in total. The number of hydrogen-bond donors (Lipinski definition) is 0. The van der Waals surface area contributed by atoms with Gasteiger partial charge in [-0.15, -0.1) is 0 Å². The van der Waals surface area contributed by atoms with E-state index in [-0.39, 0.29) is 0 Å². The van der Waals surface area contributed by atoms with E-state index in [1.807, 2.05) is 25.3 Å².